The summed E-state index contributed by atoms with van der Waals surface area (Å²) >= 11 is 1.25. The minimum absolute atomic E-state index is 0.428. The number of thiophene rings is 1. The molecule has 0 saturated heterocycles. The summed E-state index contributed by atoms with van der Waals surface area (Å²) in [6, 6.07) is 1.63. The molecule has 0 bridgehead atoms. The molecule has 1 aliphatic rings. The van der Waals surface area contributed by atoms with Crippen molar-refractivity contribution in [3.63, 3.8) is 0 Å². The summed E-state index contributed by atoms with van der Waals surface area (Å²) in [5.41, 5.74) is 0.470. The first kappa shape index (κ1) is 8.58. The molecule has 0 unspecified atom stereocenters. The summed E-state index contributed by atoms with van der Waals surface area (Å²) in [7, 11) is -2.09. The van der Waals surface area contributed by atoms with E-state index in [2.05, 4.69) is 0 Å². The number of rotatable bonds is 0. The summed E-state index contributed by atoms with van der Waals surface area (Å²) in [5, 5.41) is 13.7. The quantitative estimate of drug-likeness (QED) is 0.622. The molecule has 0 fully saturated rings. The average Bonchev–Trinajstić information content (AvgIpc) is 2.47. The number of hydrogen-bond acceptors (Lipinski definition) is 4. The second kappa shape index (κ2) is 2.49. The van der Waals surface area contributed by atoms with Gasteiger partial charge in [-0.2, -0.15) is 0 Å². The predicted molar refractivity (Wildman–Crippen MR) is 49.6 cm³/mol. The summed E-state index contributed by atoms with van der Waals surface area (Å²) in [6.07, 6.45) is 0. The van der Waals surface area contributed by atoms with Crippen LogP contribution in [0, 0.1) is 0 Å². The molecular formula is C7H6NO3S2-. The van der Waals surface area contributed by atoms with E-state index < -0.39 is 15.8 Å². The highest BCUT2D eigenvalue weighted by Crippen LogP contribution is 2.35. The third kappa shape index (κ3) is 1.13. The summed E-state index contributed by atoms with van der Waals surface area (Å²) < 4.78 is 23.7. The molecule has 4 nitrogen and oxygen atoms in total. The van der Waals surface area contributed by atoms with Gasteiger partial charge in [-0.15, -0.1) is 11.3 Å². The zero-order chi connectivity index (χ0) is 9.64. The van der Waals surface area contributed by atoms with Gasteiger partial charge in [-0.25, -0.2) is 8.42 Å². The van der Waals surface area contributed by atoms with Crippen molar-refractivity contribution in [1.29, 1.82) is 0 Å². The lowest BCUT2D eigenvalue weighted by Gasteiger charge is -2.25. The van der Waals surface area contributed by atoms with Crippen LogP contribution in [0.5, 0.6) is 0 Å². The van der Waals surface area contributed by atoms with Crippen molar-refractivity contribution in [1.82, 2.24) is 0 Å². The number of anilines is 1. The molecule has 0 radical (unpaired) electrons. The third-order valence-electron chi connectivity index (χ3n) is 1.85. The Labute approximate surface area is 79.8 Å². The Morgan fingerprint density at radius 1 is 1.54 bits per heavy atom. The minimum atomic E-state index is -3.53. The van der Waals surface area contributed by atoms with E-state index in [9.17, 15) is 13.5 Å². The van der Waals surface area contributed by atoms with E-state index in [0.29, 0.717) is 10.6 Å². The van der Waals surface area contributed by atoms with Crippen LogP contribution in [0.1, 0.15) is 4.88 Å². The zero-order valence-electron chi connectivity index (χ0n) is 6.72. The van der Waals surface area contributed by atoms with Crippen LogP contribution in [0.15, 0.2) is 16.9 Å². The van der Waals surface area contributed by atoms with E-state index in [1.165, 1.54) is 18.4 Å². The third-order valence-corrected chi connectivity index (χ3v) is 4.24. The van der Waals surface area contributed by atoms with E-state index in [1.807, 2.05) is 0 Å². The molecule has 1 aliphatic heterocycles. The second-order valence-corrected chi connectivity index (χ2v) is 5.36. The fourth-order valence-electron chi connectivity index (χ4n) is 1.14. The lowest BCUT2D eigenvalue weighted by Crippen LogP contribution is -2.29. The normalized spacial score (nSPS) is 19.5. The molecule has 6 heteroatoms. The first-order chi connectivity index (χ1) is 6.02. The average molecular weight is 216 g/mol. The molecule has 13 heavy (non-hydrogen) atoms. The monoisotopic (exact) mass is 216 g/mol. The van der Waals surface area contributed by atoms with Gasteiger partial charge < -0.3 is 5.11 Å². The molecule has 0 saturated carbocycles. The first-order valence-corrected chi connectivity index (χ1v) is 5.86. The van der Waals surface area contributed by atoms with Gasteiger partial charge >= 0.3 is 0 Å². The van der Waals surface area contributed by atoms with Gasteiger partial charge in [0.15, 0.2) is 0 Å². The first-order valence-electron chi connectivity index (χ1n) is 3.48. The zero-order valence-corrected chi connectivity index (χ0v) is 8.35. The predicted octanol–water partition coefficient (Wildman–Crippen LogP) is 0.186. The molecule has 0 atom stereocenters. The van der Waals surface area contributed by atoms with E-state index in [4.69, 9.17) is 0 Å². The molecule has 0 amide bonds. The van der Waals surface area contributed by atoms with E-state index in [1.54, 1.807) is 11.4 Å². The Morgan fingerprint density at radius 3 is 2.92 bits per heavy atom. The minimum Gasteiger partial charge on any atom is -0.871 e. The van der Waals surface area contributed by atoms with Gasteiger partial charge in [-0.05, 0) is 11.4 Å². The molecule has 0 aliphatic carbocycles. The Balaban J connectivity index is 2.74. The van der Waals surface area contributed by atoms with Crippen molar-refractivity contribution in [3.8, 4) is 0 Å². The van der Waals surface area contributed by atoms with Gasteiger partial charge in [0.2, 0.25) is 0 Å². The van der Waals surface area contributed by atoms with Crippen molar-refractivity contribution < 1.29 is 13.5 Å². The second-order valence-electron chi connectivity index (χ2n) is 2.63. The van der Waals surface area contributed by atoms with E-state index in [0.717, 1.165) is 9.71 Å². The van der Waals surface area contributed by atoms with Crippen LogP contribution in [-0.2, 0) is 10.0 Å². The smallest absolute Gasteiger partial charge is 0.256 e. The summed E-state index contributed by atoms with van der Waals surface area (Å²) in [6.45, 7) is 0. The fraction of sp³-hybridized carbons (Fsp3) is 0.143. The lowest BCUT2D eigenvalue weighted by molar-refractivity contribution is -0.243. The van der Waals surface area contributed by atoms with Crippen LogP contribution < -0.4 is 9.41 Å². The number of sulfonamides is 1. The SMILES string of the molecule is CN1c2ccsc2C([O-])=CS1(=O)=O. The Kier molecular flexibility index (Phi) is 1.64. The molecule has 2 rings (SSSR count). The highest BCUT2D eigenvalue weighted by Gasteiger charge is 2.23. The van der Waals surface area contributed by atoms with E-state index >= 15 is 0 Å². The molecule has 1 aromatic heterocycles. The standard InChI is InChI=1S/C7H7NO3S2/c1-8-5-2-3-12-7(5)6(9)4-13(8,10)11/h2-4,9H,1H3/p-1. The lowest BCUT2D eigenvalue weighted by atomic mass is 10.3. The number of fused-ring (bicyclic) bond motifs is 1. The highest BCUT2D eigenvalue weighted by molar-refractivity contribution is 7.95. The maximum absolute atomic E-state index is 11.3. The van der Waals surface area contributed by atoms with E-state index in [-0.39, 0.29) is 0 Å². The van der Waals surface area contributed by atoms with Crippen molar-refractivity contribution in [2.75, 3.05) is 11.4 Å². The van der Waals surface area contributed by atoms with Crippen LogP contribution in [0.3, 0.4) is 0 Å². The fourth-order valence-corrected chi connectivity index (χ4v) is 3.08. The van der Waals surface area contributed by atoms with Crippen LogP contribution in [0.4, 0.5) is 5.69 Å². The summed E-state index contributed by atoms with van der Waals surface area (Å²) in [5.74, 6) is -0.428. The number of nitrogens with zero attached hydrogens (tertiary/aromatic N) is 1. The van der Waals surface area contributed by atoms with Crippen molar-refractivity contribution in [2.24, 2.45) is 0 Å². The van der Waals surface area contributed by atoms with Crippen LogP contribution in [0.2, 0.25) is 0 Å². The van der Waals surface area contributed by atoms with Gasteiger partial charge in [0, 0.05) is 17.3 Å². The van der Waals surface area contributed by atoms with Gasteiger partial charge in [0.1, 0.15) is 0 Å². The summed E-state index contributed by atoms with van der Waals surface area (Å²) in [4.78, 5) is 0.484. The Hall–Kier alpha value is -1.01. The molecule has 70 valence electrons. The van der Waals surface area contributed by atoms with Crippen LogP contribution in [0.25, 0.3) is 5.76 Å². The Bertz CT molecular complexity index is 472. The van der Waals surface area contributed by atoms with Gasteiger partial charge in [-0.3, -0.25) is 4.31 Å². The topological polar surface area (TPSA) is 60.4 Å². The molecule has 0 N–H and O–H groups in total. The van der Waals surface area contributed by atoms with Crippen molar-refractivity contribution in [2.45, 2.75) is 0 Å². The maximum Gasteiger partial charge on any atom is 0.256 e. The highest BCUT2D eigenvalue weighted by atomic mass is 32.2. The Morgan fingerprint density at radius 2 is 2.23 bits per heavy atom. The largest absolute Gasteiger partial charge is 0.871 e. The van der Waals surface area contributed by atoms with Gasteiger partial charge in [0.05, 0.1) is 5.69 Å². The molecular weight excluding hydrogens is 210 g/mol. The van der Waals surface area contributed by atoms with Gasteiger partial charge in [0.25, 0.3) is 10.0 Å². The van der Waals surface area contributed by atoms with Crippen molar-refractivity contribution in [3.05, 3.63) is 21.7 Å². The maximum atomic E-state index is 11.3. The molecule has 0 aromatic carbocycles. The number of hydrogen-bond donors (Lipinski definition) is 0. The van der Waals surface area contributed by atoms with Gasteiger partial charge in [-0.1, -0.05) is 5.76 Å². The molecule has 0 spiro atoms. The molecule has 2 heterocycles. The molecule has 1 aromatic rings. The van der Waals surface area contributed by atoms with Crippen LogP contribution >= 0.6 is 11.3 Å². The van der Waals surface area contributed by atoms with Crippen LogP contribution in [-0.4, -0.2) is 15.5 Å². The van der Waals surface area contributed by atoms with Crippen molar-refractivity contribution >= 4 is 32.8 Å².